The average Bonchev–Trinajstić information content (AvgIpc) is 2.92. The minimum atomic E-state index is -2.27. The fraction of sp³-hybridized carbons (Fsp3) is 0.517. The molecular formula is C29H37NO7. The molecule has 2 aliphatic carbocycles. The number of likely N-dealkylation sites (tertiary alicyclic amines) is 1. The molecule has 2 bridgehead atoms. The number of aliphatic hydroxyl groups excluding tert-OH is 2. The summed E-state index contributed by atoms with van der Waals surface area (Å²) in [7, 11) is 1.80. The number of nitrogens with zero attached hydrogens (tertiary/aromatic N) is 1. The van der Waals surface area contributed by atoms with E-state index in [2.05, 4.69) is 53.4 Å². The molecule has 4 N–H and O–H groups in total. The molecule has 2 aromatic rings. The van der Waals surface area contributed by atoms with Crippen LogP contribution in [-0.2, 0) is 27.8 Å². The summed E-state index contributed by atoms with van der Waals surface area (Å²) in [6.07, 6.45) is 4.77. The summed E-state index contributed by atoms with van der Waals surface area (Å²) < 4.78 is 5.59. The molecule has 3 aliphatic rings. The lowest BCUT2D eigenvalue weighted by molar-refractivity contribution is -0.165. The van der Waals surface area contributed by atoms with Gasteiger partial charge in [-0.1, -0.05) is 49.2 Å². The first kappa shape index (κ1) is 27.1. The third-order valence-electron chi connectivity index (χ3n) is 8.49. The highest BCUT2D eigenvalue weighted by molar-refractivity contribution is 5.83. The molecule has 2 fully saturated rings. The van der Waals surface area contributed by atoms with Crippen LogP contribution >= 0.6 is 0 Å². The van der Waals surface area contributed by atoms with Gasteiger partial charge in [-0.3, -0.25) is 4.90 Å². The van der Waals surface area contributed by atoms with Gasteiger partial charge in [0.05, 0.1) is 7.11 Å². The second kappa shape index (κ2) is 11.6. The first-order valence-electron chi connectivity index (χ1n) is 13.0. The lowest BCUT2D eigenvalue weighted by Gasteiger charge is -2.59. The van der Waals surface area contributed by atoms with Crippen LogP contribution in [0.2, 0.25) is 0 Å². The van der Waals surface area contributed by atoms with Crippen molar-refractivity contribution in [3.63, 3.8) is 0 Å². The number of carbonyl (C=O) groups is 2. The molecule has 0 aromatic heterocycles. The largest absolute Gasteiger partial charge is 0.497 e. The van der Waals surface area contributed by atoms with Gasteiger partial charge in [0.1, 0.15) is 5.75 Å². The fourth-order valence-corrected chi connectivity index (χ4v) is 6.66. The third kappa shape index (κ3) is 5.66. The molecule has 0 spiro atoms. The van der Waals surface area contributed by atoms with Crippen LogP contribution in [-0.4, -0.2) is 75.7 Å². The van der Waals surface area contributed by atoms with Crippen LogP contribution in [0, 0.1) is 5.92 Å². The lowest BCUT2D eigenvalue weighted by Crippen LogP contribution is -2.61. The minimum absolute atomic E-state index is 0.411. The maximum atomic E-state index is 9.77. The summed E-state index contributed by atoms with van der Waals surface area (Å²) in [5.74, 6) is -1.67. The van der Waals surface area contributed by atoms with Crippen molar-refractivity contribution >= 4 is 11.9 Å². The van der Waals surface area contributed by atoms with Crippen LogP contribution in [0.1, 0.15) is 48.8 Å². The summed E-state index contributed by atoms with van der Waals surface area (Å²) >= 11 is 0. The van der Waals surface area contributed by atoms with Gasteiger partial charge in [0.15, 0.2) is 12.2 Å². The number of hydrogen-bond donors (Lipinski definition) is 4. The lowest BCUT2D eigenvalue weighted by atomic mass is 9.52. The van der Waals surface area contributed by atoms with Crippen LogP contribution in [0.25, 0.3) is 0 Å². The van der Waals surface area contributed by atoms with Crippen molar-refractivity contribution in [1.82, 2.24) is 4.90 Å². The third-order valence-corrected chi connectivity index (χ3v) is 8.49. The molecule has 8 heteroatoms. The number of rotatable bonds is 7. The number of methoxy groups -OCH3 is 1. The Morgan fingerprint density at radius 2 is 1.73 bits per heavy atom. The molecule has 1 saturated carbocycles. The average molecular weight is 512 g/mol. The van der Waals surface area contributed by atoms with Crippen LogP contribution in [0.15, 0.2) is 48.5 Å². The van der Waals surface area contributed by atoms with E-state index >= 15 is 0 Å². The zero-order chi connectivity index (χ0) is 26.6. The molecule has 2 aromatic carbocycles. The molecule has 37 heavy (non-hydrogen) atoms. The quantitative estimate of drug-likeness (QED) is 0.447. The highest BCUT2D eigenvalue weighted by Gasteiger charge is 2.53. The van der Waals surface area contributed by atoms with Gasteiger partial charge >= 0.3 is 11.9 Å². The Labute approximate surface area is 217 Å². The van der Waals surface area contributed by atoms with E-state index in [0.29, 0.717) is 5.41 Å². The van der Waals surface area contributed by atoms with Crippen LogP contribution < -0.4 is 4.74 Å². The summed E-state index contributed by atoms with van der Waals surface area (Å²) in [6.45, 7) is 2.46. The first-order valence-corrected chi connectivity index (χ1v) is 13.0. The molecule has 5 rings (SSSR count). The van der Waals surface area contributed by atoms with E-state index in [1.807, 2.05) is 0 Å². The second-order valence-corrected chi connectivity index (χ2v) is 10.4. The fourth-order valence-electron chi connectivity index (χ4n) is 6.66. The number of ether oxygens (including phenoxy) is 1. The van der Waals surface area contributed by atoms with E-state index < -0.39 is 24.1 Å². The number of carboxylic acid groups (broad SMARTS) is 2. The van der Waals surface area contributed by atoms with E-state index in [4.69, 9.17) is 25.2 Å². The summed E-state index contributed by atoms with van der Waals surface area (Å²) in [5, 5.41) is 32.5. The number of benzene rings is 2. The van der Waals surface area contributed by atoms with E-state index in [1.54, 1.807) is 18.2 Å². The Morgan fingerprint density at radius 1 is 1.03 bits per heavy atom. The highest BCUT2D eigenvalue weighted by Crippen LogP contribution is 2.56. The molecule has 0 amide bonds. The van der Waals surface area contributed by atoms with Gasteiger partial charge in [0.25, 0.3) is 0 Å². The van der Waals surface area contributed by atoms with Crippen molar-refractivity contribution in [2.75, 3.05) is 20.2 Å². The Morgan fingerprint density at radius 3 is 2.38 bits per heavy atom. The Kier molecular flexibility index (Phi) is 8.52. The van der Waals surface area contributed by atoms with Crippen LogP contribution in [0.4, 0.5) is 0 Å². The van der Waals surface area contributed by atoms with E-state index in [0.717, 1.165) is 17.7 Å². The van der Waals surface area contributed by atoms with Crippen molar-refractivity contribution in [3.8, 4) is 5.75 Å². The topological polar surface area (TPSA) is 128 Å². The molecule has 5 atom stereocenters. The van der Waals surface area contributed by atoms with E-state index in [-0.39, 0.29) is 0 Å². The monoisotopic (exact) mass is 511 g/mol. The molecule has 1 aliphatic heterocycles. The number of aliphatic hydroxyl groups is 2. The molecule has 1 saturated heterocycles. The van der Waals surface area contributed by atoms with Crippen molar-refractivity contribution < 1.29 is 34.8 Å². The first-order chi connectivity index (χ1) is 17.8. The molecule has 1 heterocycles. The zero-order valence-corrected chi connectivity index (χ0v) is 21.3. The zero-order valence-electron chi connectivity index (χ0n) is 21.3. The van der Waals surface area contributed by atoms with Crippen LogP contribution in [0.3, 0.4) is 0 Å². The molecule has 0 unspecified atom stereocenters. The standard InChI is InChI=1S/C25H31NO.C4H6O6/c1-27-21-11-10-20-17-24-22-9-5-6-13-25(22,23(20)18-21)14-16-26(24)15-12-19-7-3-2-4-8-19;5-1(3(7)8)2(6)4(9)10/h2-4,7-8,10-11,18,22,24H,5-6,9,12-17H2,1H3;1-2,5-6H,(H,7,8)(H,9,10)/t22-,24-,25-;1-,2-/m01/s1. The van der Waals surface area contributed by atoms with Crippen molar-refractivity contribution in [2.24, 2.45) is 5.92 Å². The SMILES string of the molecule is COc1ccc2c(c1)[C@]13CCCC[C@H]1[C@H](C2)N(CCc1ccccc1)CC3.O=C(O)[C@H](O)[C@@H](O)C(=O)O. The smallest absolute Gasteiger partial charge is 0.335 e. The normalized spacial score (nSPS) is 25.9. The number of carboxylic acids is 2. The minimum Gasteiger partial charge on any atom is -0.497 e. The second-order valence-electron chi connectivity index (χ2n) is 10.4. The number of fused-ring (bicyclic) bond motifs is 1. The van der Waals surface area contributed by atoms with Crippen molar-refractivity contribution in [3.05, 3.63) is 65.2 Å². The van der Waals surface area contributed by atoms with Gasteiger partial charge in [-0.2, -0.15) is 0 Å². The van der Waals surface area contributed by atoms with Gasteiger partial charge in [-0.05, 0) is 73.4 Å². The number of aliphatic carboxylic acids is 2. The predicted octanol–water partition coefficient (Wildman–Crippen LogP) is 2.87. The summed E-state index contributed by atoms with van der Waals surface area (Å²) in [5.41, 5.74) is 5.10. The molecule has 0 radical (unpaired) electrons. The van der Waals surface area contributed by atoms with Gasteiger partial charge in [-0.25, -0.2) is 9.59 Å². The molecular weight excluding hydrogens is 474 g/mol. The van der Waals surface area contributed by atoms with Gasteiger partial charge in [0.2, 0.25) is 0 Å². The van der Waals surface area contributed by atoms with Crippen molar-refractivity contribution in [1.29, 1.82) is 0 Å². The highest BCUT2D eigenvalue weighted by atomic mass is 16.5. The van der Waals surface area contributed by atoms with Crippen LogP contribution in [0.5, 0.6) is 5.75 Å². The van der Waals surface area contributed by atoms with E-state index in [1.165, 1.54) is 63.6 Å². The van der Waals surface area contributed by atoms with Gasteiger partial charge in [-0.15, -0.1) is 0 Å². The number of hydrogen-bond acceptors (Lipinski definition) is 6. The summed E-state index contributed by atoms with van der Waals surface area (Å²) in [6, 6.07) is 18.6. The maximum absolute atomic E-state index is 9.77. The Balaban J connectivity index is 0.000000275. The maximum Gasteiger partial charge on any atom is 0.335 e. The van der Waals surface area contributed by atoms with E-state index in [9.17, 15) is 9.59 Å². The molecule has 8 nitrogen and oxygen atoms in total. The van der Waals surface area contributed by atoms with Crippen molar-refractivity contribution in [2.45, 2.75) is 68.6 Å². The predicted molar refractivity (Wildman–Crippen MR) is 138 cm³/mol. The number of piperidine rings is 1. The van der Waals surface area contributed by atoms with Gasteiger partial charge in [0, 0.05) is 18.0 Å². The summed E-state index contributed by atoms with van der Waals surface area (Å²) in [4.78, 5) is 22.4. The Bertz CT molecular complexity index is 1070. The van der Waals surface area contributed by atoms with Gasteiger partial charge < -0.3 is 25.2 Å². The Hall–Kier alpha value is -2.94. The molecule has 200 valence electrons.